The molecule has 4 heteroatoms. The van der Waals surface area contributed by atoms with Gasteiger partial charge in [0, 0.05) is 22.6 Å². The van der Waals surface area contributed by atoms with Gasteiger partial charge in [-0.1, -0.05) is 73.7 Å². The molecule has 138 valence electrons. The van der Waals surface area contributed by atoms with Crippen LogP contribution in [0.1, 0.15) is 39.2 Å². The molecule has 0 bridgehead atoms. The predicted octanol–water partition coefficient (Wildman–Crippen LogP) is 6.06. The summed E-state index contributed by atoms with van der Waals surface area (Å²) < 4.78 is 0. The first-order valence-corrected chi connectivity index (χ1v) is 9.99. The Balaban J connectivity index is 1.43. The summed E-state index contributed by atoms with van der Waals surface area (Å²) in [7, 11) is 0. The topological polar surface area (TPSA) is 42.0 Å². The Morgan fingerprint density at radius 2 is 1.75 bits per heavy atom. The van der Waals surface area contributed by atoms with Crippen LogP contribution in [-0.2, 0) is 0 Å². The molecule has 1 aliphatic rings. The summed E-state index contributed by atoms with van der Waals surface area (Å²) in [5, 5.41) is 3.53. The number of nitrogens with zero attached hydrogens (tertiary/aromatic N) is 1. The van der Waals surface area contributed by atoms with E-state index in [9.17, 15) is 4.79 Å². The van der Waals surface area contributed by atoms with Gasteiger partial charge in [-0.25, -0.2) is 4.98 Å². The number of aromatic nitrogens is 1. The van der Waals surface area contributed by atoms with Crippen LogP contribution in [0.3, 0.4) is 0 Å². The highest BCUT2D eigenvalue weighted by Gasteiger charge is 2.14. The third-order valence-corrected chi connectivity index (χ3v) is 5.76. The zero-order valence-electron chi connectivity index (χ0n) is 15.5. The highest BCUT2D eigenvalue weighted by molar-refractivity contribution is 7.15. The molecule has 2 aromatic carbocycles. The molecule has 0 saturated heterocycles. The molecule has 0 radical (unpaired) electrons. The van der Waals surface area contributed by atoms with Gasteiger partial charge in [0.25, 0.3) is 5.91 Å². The van der Waals surface area contributed by atoms with Crippen molar-refractivity contribution in [3.63, 3.8) is 0 Å². The number of carbonyl (C=O) groups excluding carboxylic acids is 1. The van der Waals surface area contributed by atoms with Gasteiger partial charge in [0.2, 0.25) is 0 Å². The second-order valence-electron chi connectivity index (χ2n) is 6.64. The van der Waals surface area contributed by atoms with Crippen LogP contribution in [0.4, 0.5) is 5.13 Å². The number of amides is 1. The molecular formula is C24H20N2OS. The van der Waals surface area contributed by atoms with Crippen molar-refractivity contribution >= 4 is 28.5 Å². The van der Waals surface area contributed by atoms with Crippen molar-refractivity contribution in [1.29, 1.82) is 0 Å². The maximum Gasteiger partial charge on any atom is 0.257 e. The van der Waals surface area contributed by atoms with Crippen molar-refractivity contribution in [2.75, 3.05) is 5.32 Å². The van der Waals surface area contributed by atoms with Gasteiger partial charge >= 0.3 is 0 Å². The molecule has 0 fully saturated rings. The number of anilines is 1. The van der Waals surface area contributed by atoms with Gasteiger partial charge in [-0.15, -0.1) is 11.3 Å². The Morgan fingerprint density at radius 3 is 2.46 bits per heavy atom. The van der Waals surface area contributed by atoms with Crippen molar-refractivity contribution in [3.05, 3.63) is 112 Å². The normalized spacial score (nSPS) is 13.5. The van der Waals surface area contributed by atoms with E-state index in [1.54, 1.807) is 0 Å². The summed E-state index contributed by atoms with van der Waals surface area (Å²) in [5.74, 6) is 0.100. The molecule has 1 atom stereocenters. The van der Waals surface area contributed by atoms with Crippen molar-refractivity contribution in [1.82, 2.24) is 4.98 Å². The average Bonchev–Trinajstić information content (AvgIpc) is 3.41. The minimum atomic E-state index is -0.145. The lowest BCUT2D eigenvalue weighted by atomic mass is 10.0. The molecule has 4 rings (SSSR count). The van der Waals surface area contributed by atoms with E-state index >= 15 is 0 Å². The predicted molar refractivity (Wildman–Crippen MR) is 117 cm³/mol. The summed E-state index contributed by atoms with van der Waals surface area (Å²) in [6, 6.07) is 17.9. The number of benzene rings is 2. The first-order chi connectivity index (χ1) is 13.7. The molecular weight excluding hydrogens is 364 g/mol. The van der Waals surface area contributed by atoms with Gasteiger partial charge in [-0.2, -0.15) is 0 Å². The van der Waals surface area contributed by atoms with Crippen molar-refractivity contribution in [2.24, 2.45) is 0 Å². The quantitative estimate of drug-likeness (QED) is 0.581. The van der Waals surface area contributed by atoms with E-state index in [0.29, 0.717) is 10.7 Å². The number of rotatable bonds is 5. The van der Waals surface area contributed by atoms with E-state index in [0.717, 1.165) is 16.0 Å². The van der Waals surface area contributed by atoms with E-state index in [1.165, 1.54) is 16.9 Å². The fourth-order valence-corrected chi connectivity index (χ4v) is 3.92. The lowest BCUT2D eigenvalue weighted by Gasteiger charge is -2.08. The maximum absolute atomic E-state index is 12.5. The zero-order valence-corrected chi connectivity index (χ0v) is 16.3. The van der Waals surface area contributed by atoms with E-state index in [1.807, 2.05) is 60.8 Å². The third kappa shape index (κ3) is 4.18. The highest BCUT2D eigenvalue weighted by Crippen LogP contribution is 2.30. The number of hydrogen-bond acceptors (Lipinski definition) is 3. The number of thiazole rings is 1. The Kier molecular flexibility index (Phi) is 5.31. The fraction of sp³-hybridized carbons (Fsp3) is 0.0833. The minimum Gasteiger partial charge on any atom is -0.298 e. The monoisotopic (exact) mass is 384 g/mol. The van der Waals surface area contributed by atoms with Gasteiger partial charge in [-0.05, 0) is 34.9 Å². The molecule has 0 aliphatic heterocycles. The molecule has 3 aromatic rings. The molecule has 1 heterocycles. The van der Waals surface area contributed by atoms with E-state index in [4.69, 9.17) is 0 Å². The minimum absolute atomic E-state index is 0.145. The number of allylic oxidation sites excluding steroid dienone is 5. The second kappa shape index (κ2) is 8.19. The van der Waals surface area contributed by atoms with Crippen LogP contribution in [0.25, 0.3) is 6.08 Å². The second-order valence-corrected chi connectivity index (χ2v) is 7.70. The molecule has 1 aromatic heterocycles. The summed E-state index contributed by atoms with van der Waals surface area (Å²) in [6.07, 6.45) is 12.0. The molecule has 1 unspecified atom stereocenters. The first kappa shape index (κ1) is 18.1. The van der Waals surface area contributed by atoms with Crippen LogP contribution >= 0.6 is 11.3 Å². The molecule has 0 spiro atoms. The molecule has 1 amide bonds. The van der Waals surface area contributed by atoms with Crippen LogP contribution < -0.4 is 5.32 Å². The van der Waals surface area contributed by atoms with Crippen molar-refractivity contribution < 1.29 is 4.79 Å². The fourth-order valence-electron chi connectivity index (χ4n) is 3.03. The average molecular weight is 385 g/mol. The van der Waals surface area contributed by atoms with Crippen LogP contribution in [0.5, 0.6) is 0 Å². The van der Waals surface area contributed by atoms with Crippen LogP contribution in [0, 0.1) is 0 Å². The molecule has 0 saturated carbocycles. The summed E-state index contributed by atoms with van der Waals surface area (Å²) in [4.78, 5) is 18.0. The molecule has 1 aliphatic carbocycles. The van der Waals surface area contributed by atoms with Gasteiger partial charge in [0.05, 0.1) is 0 Å². The number of hydrogen-bond donors (Lipinski definition) is 1. The van der Waals surface area contributed by atoms with Crippen molar-refractivity contribution in [3.8, 4) is 0 Å². The van der Waals surface area contributed by atoms with Gasteiger partial charge in [0.1, 0.15) is 0 Å². The summed E-state index contributed by atoms with van der Waals surface area (Å²) in [6.45, 7) is 2.15. The summed E-state index contributed by atoms with van der Waals surface area (Å²) in [5.41, 5.74) is 4.07. The molecule has 1 N–H and O–H groups in total. The van der Waals surface area contributed by atoms with Crippen LogP contribution in [-0.4, -0.2) is 10.9 Å². The molecule has 3 nitrogen and oxygen atoms in total. The Labute approximate surface area is 168 Å². The number of carbonyl (C=O) groups is 1. The van der Waals surface area contributed by atoms with E-state index in [-0.39, 0.29) is 11.8 Å². The first-order valence-electron chi connectivity index (χ1n) is 9.17. The largest absolute Gasteiger partial charge is 0.298 e. The van der Waals surface area contributed by atoms with Gasteiger partial charge in [0.15, 0.2) is 5.13 Å². The van der Waals surface area contributed by atoms with E-state index in [2.05, 4.69) is 47.6 Å². The smallest absolute Gasteiger partial charge is 0.257 e. The van der Waals surface area contributed by atoms with E-state index < -0.39 is 0 Å². The Morgan fingerprint density at radius 1 is 1.04 bits per heavy atom. The molecule has 28 heavy (non-hydrogen) atoms. The maximum atomic E-state index is 12.5. The third-order valence-electron chi connectivity index (χ3n) is 4.67. The lowest BCUT2D eigenvalue weighted by molar-refractivity contribution is 0.102. The van der Waals surface area contributed by atoms with Crippen LogP contribution in [0.15, 0.2) is 90.7 Å². The zero-order chi connectivity index (χ0) is 19.3. The van der Waals surface area contributed by atoms with Gasteiger partial charge < -0.3 is 0 Å². The van der Waals surface area contributed by atoms with Crippen molar-refractivity contribution in [2.45, 2.75) is 12.8 Å². The standard InChI is InChI=1S/C24H20N2OS/c1-17(20-9-3-2-4-10-20)22-16-25-24(28-22)26-23(27)21-13-11-19(12-14-21)15-18-7-5-6-8-18/h2-17H,1H3,(H,25,26,27). The Bertz CT molecular complexity index is 1050. The Hall–Kier alpha value is -3.24. The highest BCUT2D eigenvalue weighted by atomic mass is 32.1. The SMILES string of the molecule is CC(c1ccccc1)c1cnc(NC(=O)c2ccc(C=C3C=CC=C3)cc2)s1. The van der Waals surface area contributed by atoms with Gasteiger partial charge in [-0.3, -0.25) is 10.1 Å². The number of nitrogens with one attached hydrogen (secondary N) is 1. The lowest BCUT2D eigenvalue weighted by Crippen LogP contribution is -2.11. The van der Waals surface area contributed by atoms with Crippen LogP contribution in [0.2, 0.25) is 0 Å². The summed E-state index contributed by atoms with van der Waals surface area (Å²) >= 11 is 1.52.